The van der Waals surface area contributed by atoms with E-state index in [1.54, 1.807) is 0 Å². The van der Waals surface area contributed by atoms with Crippen LogP contribution in [-0.2, 0) is 10.0 Å². The Kier molecular flexibility index (Phi) is 5.72. The van der Waals surface area contributed by atoms with Crippen LogP contribution >= 0.6 is 0 Å². The molecule has 1 atom stereocenters. The minimum Gasteiger partial charge on any atom is -0.394 e. The highest BCUT2D eigenvalue weighted by Gasteiger charge is 2.17. The summed E-state index contributed by atoms with van der Waals surface area (Å²) in [6.45, 7) is 5.31. The average Bonchev–Trinajstić information content (AvgIpc) is 2.10. The van der Waals surface area contributed by atoms with Crippen LogP contribution < -0.4 is 4.72 Å². The maximum absolute atomic E-state index is 11.4. The molecule has 0 rings (SSSR count). The lowest BCUT2D eigenvalue weighted by molar-refractivity contribution is 0.0988. The molecule has 0 aromatic heterocycles. The summed E-state index contributed by atoms with van der Waals surface area (Å²) >= 11 is 0. The quantitative estimate of drug-likeness (QED) is 0.593. The molecule has 0 spiro atoms. The maximum Gasteiger partial charge on any atom is 0.211 e. The smallest absolute Gasteiger partial charge is 0.211 e. The molecule has 0 aliphatic rings. The van der Waals surface area contributed by atoms with Gasteiger partial charge in [-0.15, -0.1) is 0 Å². The predicted octanol–water partition coefficient (Wildman–Crippen LogP) is -0.305. The molecule has 92 valence electrons. The molecule has 0 aliphatic carbocycles. The number of aliphatic hydroxyl groups excluding tert-OH is 2. The summed E-state index contributed by atoms with van der Waals surface area (Å²) < 4.78 is 25.0. The number of hydrogen-bond donors (Lipinski definition) is 3. The third kappa shape index (κ3) is 8.80. The Labute approximate surface area is 91.6 Å². The largest absolute Gasteiger partial charge is 0.394 e. The van der Waals surface area contributed by atoms with E-state index in [2.05, 4.69) is 4.72 Å². The van der Waals surface area contributed by atoms with Crippen LogP contribution in [0.5, 0.6) is 0 Å². The van der Waals surface area contributed by atoms with Crippen molar-refractivity contribution >= 4 is 10.0 Å². The molecule has 0 aromatic carbocycles. The predicted molar refractivity (Wildman–Crippen MR) is 59.0 cm³/mol. The Hall–Kier alpha value is -0.170. The van der Waals surface area contributed by atoms with Crippen LogP contribution in [0.4, 0.5) is 0 Å². The van der Waals surface area contributed by atoms with Crippen LogP contribution in [0.15, 0.2) is 0 Å². The van der Waals surface area contributed by atoms with Crippen molar-refractivity contribution in [3.05, 3.63) is 0 Å². The first-order chi connectivity index (χ1) is 6.66. The Morgan fingerprint density at radius 2 is 1.87 bits per heavy atom. The van der Waals surface area contributed by atoms with Crippen molar-refractivity contribution in [2.75, 3.05) is 18.9 Å². The molecule has 0 amide bonds. The van der Waals surface area contributed by atoms with Gasteiger partial charge in [0, 0.05) is 6.54 Å². The van der Waals surface area contributed by atoms with Crippen LogP contribution in [0.2, 0.25) is 0 Å². The van der Waals surface area contributed by atoms with Crippen molar-refractivity contribution in [1.82, 2.24) is 4.72 Å². The standard InChI is InChI=1S/C9H21NO4S/c1-9(2,3)4-5-15(13,14)10-6-8(12)7-11/h8,10-12H,4-7H2,1-3H3. The Morgan fingerprint density at radius 1 is 1.33 bits per heavy atom. The molecule has 0 aliphatic heterocycles. The third-order valence-corrected chi connectivity index (χ3v) is 3.22. The van der Waals surface area contributed by atoms with Gasteiger partial charge in [-0.05, 0) is 11.8 Å². The highest BCUT2D eigenvalue weighted by Crippen LogP contribution is 2.18. The fourth-order valence-corrected chi connectivity index (χ4v) is 2.27. The van der Waals surface area contributed by atoms with Crippen LogP contribution in [0.25, 0.3) is 0 Å². The van der Waals surface area contributed by atoms with Gasteiger partial charge < -0.3 is 10.2 Å². The van der Waals surface area contributed by atoms with Crippen LogP contribution in [-0.4, -0.2) is 43.6 Å². The summed E-state index contributed by atoms with van der Waals surface area (Å²) in [6.07, 6.45) is -0.480. The van der Waals surface area contributed by atoms with Crippen molar-refractivity contribution in [1.29, 1.82) is 0 Å². The molecule has 1 unspecified atom stereocenters. The summed E-state index contributed by atoms with van der Waals surface area (Å²) in [6, 6.07) is 0. The van der Waals surface area contributed by atoms with E-state index in [1.807, 2.05) is 20.8 Å². The molecule has 0 saturated heterocycles. The van der Waals surface area contributed by atoms with E-state index >= 15 is 0 Å². The van der Waals surface area contributed by atoms with E-state index in [9.17, 15) is 8.42 Å². The summed E-state index contributed by atoms with van der Waals surface area (Å²) in [7, 11) is -3.34. The van der Waals surface area contributed by atoms with Gasteiger partial charge in [0.1, 0.15) is 0 Å². The Morgan fingerprint density at radius 3 is 2.27 bits per heavy atom. The number of sulfonamides is 1. The van der Waals surface area contributed by atoms with E-state index in [1.165, 1.54) is 0 Å². The van der Waals surface area contributed by atoms with Crippen molar-refractivity contribution in [3.8, 4) is 0 Å². The summed E-state index contributed by atoms with van der Waals surface area (Å²) in [5, 5.41) is 17.5. The normalized spacial score (nSPS) is 15.3. The summed E-state index contributed by atoms with van der Waals surface area (Å²) in [4.78, 5) is 0. The number of aliphatic hydroxyl groups is 2. The van der Waals surface area contributed by atoms with Gasteiger partial charge in [-0.25, -0.2) is 13.1 Å². The van der Waals surface area contributed by atoms with Crippen molar-refractivity contribution in [3.63, 3.8) is 0 Å². The molecule has 6 heteroatoms. The molecule has 0 radical (unpaired) electrons. The van der Waals surface area contributed by atoms with Gasteiger partial charge >= 0.3 is 0 Å². The van der Waals surface area contributed by atoms with Crippen LogP contribution in [0.3, 0.4) is 0 Å². The van der Waals surface area contributed by atoms with E-state index in [4.69, 9.17) is 10.2 Å². The zero-order chi connectivity index (χ0) is 12.1. The minimum atomic E-state index is -3.34. The molecule has 0 aromatic rings. The van der Waals surface area contributed by atoms with Gasteiger partial charge in [0.05, 0.1) is 18.5 Å². The third-order valence-electron chi connectivity index (χ3n) is 1.87. The summed E-state index contributed by atoms with van der Waals surface area (Å²) in [5.41, 5.74) is -0.0374. The Bertz CT molecular complexity index is 268. The molecular formula is C9H21NO4S. The topological polar surface area (TPSA) is 86.6 Å². The molecule has 15 heavy (non-hydrogen) atoms. The second kappa shape index (κ2) is 5.79. The lowest BCUT2D eigenvalue weighted by Gasteiger charge is -2.18. The van der Waals surface area contributed by atoms with Crippen molar-refractivity contribution in [2.45, 2.75) is 33.3 Å². The first-order valence-electron chi connectivity index (χ1n) is 4.92. The zero-order valence-corrected chi connectivity index (χ0v) is 10.3. The minimum absolute atomic E-state index is 0.0364. The Balaban J connectivity index is 3.99. The highest BCUT2D eigenvalue weighted by molar-refractivity contribution is 7.89. The second-order valence-electron chi connectivity index (χ2n) is 4.81. The van der Waals surface area contributed by atoms with Gasteiger partial charge in [0.25, 0.3) is 0 Å². The SMILES string of the molecule is CC(C)(C)CCS(=O)(=O)NCC(O)CO. The zero-order valence-electron chi connectivity index (χ0n) is 9.52. The fraction of sp³-hybridized carbons (Fsp3) is 1.00. The first kappa shape index (κ1) is 14.8. The van der Waals surface area contributed by atoms with E-state index in [0.29, 0.717) is 6.42 Å². The number of rotatable bonds is 6. The highest BCUT2D eigenvalue weighted by atomic mass is 32.2. The molecule has 0 bridgehead atoms. The van der Waals surface area contributed by atoms with Gasteiger partial charge in [0.15, 0.2) is 0 Å². The van der Waals surface area contributed by atoms with Crippen LogP contribution in [0, 0.1) is 5.41 Å². The lowest BCUT2D eigenvalue weighted by Crippen LogP contribution is -2.36. The van der Waals surface area contributed by atoms with Crippen LogP contribution in [0.1, 0.15) is 27.2 Å². The van der Waals surface area contributed by atoms with E-state index < -0.39 is 22.7 Å². The molecule has 0 fully saturated rings. The average molecular weight is 239 g/mol. The van der Waals surface area contributed by atoms with Crippen molar-refractivity contribution < 1.29 is 18.6 Å². The first-order valence-corrected chi connectivity index (χ1v) is 6.58. The van der Waals surface area contributed by atoms with Crippen molar-refractivity contribution in [2.24, 2.45) is 5.41 Å². The van der Waals surface area contributed by atoms with E-state index in [-0.39, 0.29) is 17.7 Å². The molecule has 3 N–H and O–H groups in total. The lowest BCUT2D eigenvalue weighted by atomic mass is 9.94. The molecule has 0 heterocycles. The molecular weight excluding hydrogens is 218 g/mol. The number of hydrogen-bond acceptors (Lipinski definition) is 4. The van der Waals surface area contributed by atoms with Gasteiger partial charge in [0.2, 0.25) is 10.0 Å². The second-order valence-corrected chi connectivity index (χ2v) is 6.74. The fourth-order valence-electron chi connectivity index (χ4n) is 0.800. The molecule has 0 saturated carbocycles. The number of nitrogens with one attached hydrogen (secondary N) is 1. The van der Waals surface area contributed by atoms with Gasteiger partial charge in [-0.3, -0.25) is 0 Å². The summed E-state index contributed by atoms with van der Waals surface area (Å²) in [5.74, 6) is 0.0364. The monoisotopic (exact) mass is 239 g/mol. The van der Waals surface area contributed by atoms with E-state index in [0.717, 1.165) is 0 Å². The molecule has 5 nitrogen and oxygen atoms in total. The van der Waals surface area contributed by atoms with Gasteiger partial charge in [-0.1, -0.05) is 20.8 Å². The van der Waals surface area contributed by atoms with Gasteiger partial charge in [-0.2, -0.15) is 0 Å². The maximum atomic E-state index is 11.4.